The molecule has 13 heteroatoms. The fourth-order valence-corrected chi connectivity index (χ4v) is 12.6. The van der Waals surface area contributed by atoms with Crippen molar-refractivity contribution in [2.45, 2.75) is 172 Å². The number of sulfone groups is 1. The summed E-state index contributed by atoms with van der Waals surface area (Å²) in [6, 6.07) is -3.26. The topological polar surface area (TPSA) is 171 Å². The van der Waals surface area contributed by atoms with E-state index in [2.05, 4.69) is 35.1 Å². The molecule has 0 aromatic carbocycles. The minimum absolute atomic E-state index is 0.0123. The molecule has 4 saturated carbocycles. The number of nitrogens with zero attached hydrogens (tertiary/aromatic N) is 1. The number of urea groups is 1. The van der Waals surface area contributed by atoms with Gasteiger partial charge in [0.1, 0.15) is 12.1 Å². The van der Waals surface area contributed by atoms with Gasteiger partial charge in [-0.05, 0) is 80.5 Å². The lowest BCUT2D eigenvalue weighted by Crippen LogP contribution is -2.66. The molecule has 6 aliphatic rings. The third-order valence-electron chi connectivity index (χ3n) is 13.6. The van der Waals surface area contributed by atoms with Gasteiger partial charge in [0.25, 0.3) is 5.91 Å². The first-order valence-electron chi connectivity index (χ1n) is 19.9. The van der Waals surface area contributed by atoms with Gasteiger partial charge in [0.05, 0.1) is 22.6 Å². The van der Waals surface area contributed by atoms with Gasteiger partial charge in [-0.25, -0.2) is 13.2 Å². The molecule has 6 fully saturated rings. The van der Waals surface area contributed by atoms with Crippen LogP contribution in [0, 0.1) is 22.7 Å². The predicted molar refractivity (Wildman–Crippen MR) is 193 cm³/mol. The van der Waals surface area contributed by atoms with Crippen LogP contribution in [0.1, 0.15) is 137 Å². The van der Waals surface area contributed by atoms with E-state index < -0.39 is 67.8 Å². The number of Topliss-reactive ketones (excluding diaryl/α,β-unsaturated/α-hetero) is 1. The lowest BCUT2D eigenvalue weighted by atomic mass is 9.70. The van der Waals surface area contributed by atoms with Crippen LogP contribution >= 0.6 is 0 Å². The highest BCUT2D eigenvalue weighted by Gasteiger charge is 2.70. The number of likely N-dealkylation sites (tertiary alicyclic amines) is 1. The van der Waals surface area contributed by atoms with Gasteiger partial charge in [-0.15, -0.1) is 0 Å². The number of ketones is 1. The van der Waals surface area contributed by atoms with Crippen molar-refractivity contribution in [3.8, 4) is 0 Å². The van der Waals surface area contributed by atoms with E-state index in [1.807, 2.05) is 13.8 Å². The zero-order valence-corrected chi connectivity index (χ0v) is 32.0. The average molecular weight is 732 g/mol. The number of hydrogen-bond donors (Lipinski definition) is 4. The second-order valence-corrected chi connectivity index (χ2v) is 20.0. The Labute approximate surface area is 304 Å². The van der Waals surface area contributed by atoms with E-state index in [0.717, 1.165) is 70.6 Å². The summed E-state index contributed by atoms with van der Waals surface area (Å²) >= 11 is 0. The highest BCUT2D eigenvalue weighted by Crippen LogP contribution is 2.65. The standard InChI is InChI=1S/C38H61N5O7S/c1-5-6-14-26(30(44)33(46)39-24-16-17-24)40-32(45)29-28-25(36(28,2)3)23-43(29)34(47)31(37(4)18-9-7-10-19-37)41-35(48)42-38(20-11-8-12-21-38)27-15-13-22-51(27,49)50/h24-29,31H,5-23H2,1-4H3,(H,39,46)(H,40,45)(H2,41,42,48)/t25-,26?,27+,28-,29-,31+/m0/s1. The van der Waals surface area contributed by atoms with Gasteiger partial charge in [0.15, 0.2) is 9.84 Å². The molecule has 51 heavy (non-hydrogen) atoms. The van der Waals surface area contributed by atoms with Gasteiger partial charge in [0, 0.05) is 12.6 Å². The van der Waals surface area contributed by atoms with E-state index in [0.29, 0.717) is 45.1 Å². The Morgan fingerprint density at radius 1 is 0.843 bits per heavy atom. The lowest BCUT2D eigenvalue weighted by Gasteiger charge is -2.45. The number of nitrogens with one attached hydrogen (secondary N) is 4. The molecule has 0 aromatic rings. The van der Waals surface area contributed by atoms with Crippen molar-refractivity contribution in [3.63, 3.8) is 0 Å². The van der Waals surface area contributed by atoms with Crippen LogP contribution in [0.3, 0.4) is 0 Å². The first-order valence-corrected chi connectivity index (χ1v) is 21.6. The smallest absolute Gasteiger partial charge is 0.315 e. The molecule has 4 aliphatic carbocycles. The van der Waals surface area contributed by atoms with Crippen molar-refractivity contribution in [2.75, 3.05) is 12.3 Å². The number of amides is 5. The summed E-state index contributed by atoms with van der Waals surface area (Å²) < 4.78 is 26.4. The number of hydrogen-bond acceptors (Lipinski definition) is 7. The van der Waals surface area contributed by atoms with E-state index in [4.69, 9.17) is 0 Å². The molecule has 0 spiro atoms. The van der Waals surface area contributed by atoms with Crippen LogP contribution in [-0.2, 0) is 29.0 Å². The first kappa shape index (κ1) is 38.0. The van der Waals surface area contributed by atoms with Crippen LogP contribution in [0.2, 0.25) is 0 Å². The second kappa shape index (κ2) is 14.6. The van der Waals surface area contributed by atoms with Crippen molar-refractivity contribution in [1.82, 2.24) is 26.2 Å². The summed E-state index contributed by atoms with van der Waals surface area (Å²) in [6.07, 6.45) is 12.7. The van der Waals surface area contributed by atoms with Gasteiger partial charge < -0.3 is 26.2 Å². The molecule has 286 valence electrons. The van der Waals surface area contributed by atoms with E-state index >= 15 is 0 Å². The van der Waals surface area contributed by atoms with E-state index in [-0.39, 0.29) is 35.0 Å². The first-order chi connectivity index (χ1) is 24.1. The molecule has 0 aromatic heterocycles. The quantitative estimate of drug-likeness (QED) is 0.208. The van der Waals surface area contributed by atoms with E-state index in [1.165, 1.54) is 0 Å². The maximum Gasteiger partial charge on any atom is 0.315 e. The summed E-state index contributed by atoms with van der Waals surface area (Å²) in [4.78, 5) is 71.0. The van der Waals surface area contributed by atoms with Gasteiger partial charge in [0.2, 0.25) is 17.6 Å². The third kappa shape index (κ3) is 7.70. The minimum atomic E-state index is -3.35. The largest absolute Gasteiger partial charge is 0.347 e. The minimum Gasteiger partial charge on any atom is -0.347 e. The number of fused-ring (bicyclic) bond motifs is 1. The Hall–Kier alpha value is -2.70. The summed E-state index contributed by atoms with van der Waals surface area (Å²) in [6.45, 7) is 8.59. The van der Waals surface area contributed by atoms with Crippen LogP contribution < -0.4 is 21.3 Å². The van der Waals surface area contributed by atoms with Crippen LogP contribution in [0.15, 0.2) is 0 Å². The fraction of sp³-hybridized carbons (Fsp3) is 0.868. The molecular formula is C38H61N5O7S. The van der Waals surface area contributed by atoms with Gasteiger partial charge >= 0.3 is 6.03 Å². The molecule has 6 rings (SSSR count). The van der Waals surface area contributed by atoms with Crippen LogP contribution in [0.25, 0.3) is 0 Å². The van der Waals surface area contributed by atoms with Crippen molar-refractivity contribution < 1.29 is 32.4 Å². The molecule has 12 nitrogen and oxygen atoms in total. The molecule has 4 N–H and O–H groups in total. The SMILES string of the molecule is CCCCC(NC(=O)[C@@H]1[C@@H]2[C@H](CN1C(=O)[C@@H](NC(=O)NC1([C@H]3CCCS3(=O)=O)CCCCC1)C1(C)CCCCC1)C2(C)C)C(=O)C(=O)NC1CC1. The van der Waals surface area contributed by atoms with Gasteiger partial charge in [-0.1, -0.05) is 79.1 Å². The molecule has 0 bridgehead atoms. The predicted octanol–water partition coefficient (Wildman–Crippen LogP) is 3.91. The highest BCUT2D eigenvalue weighted by atomic mass is 32.2. The Morgan fingerprint density at radius 2 is 1.49 bits per heavy atom. The zero-order valence-electron chi connectivity index (χ0n) is 31.2. The average Bonchev–Trinajstić information content (AvgIpc) is 3.87. The maximum absolute atomic E-state index is 14.9. The highest BCUT2D eigenvalue weighted by molar-refractivity contribution is 7.92. The number of piperidine rings is 1. The van der Waals surface area contributed by atoms with E-state index in [9.17, 15) is 32.4 Å². The number of carbonyl (C=O) groups is 5. The van der Waals surface area contributed by atoms with Crippen LogP contribution in [-0.4, -0.2) is 90.1 Å². The third-order valence-corrected chi connectivity index (χ3v) is 16.1. The molecule has 2 aliphatic heterocycles. The van der Waals surface area contributed by atoms with Crippen molar-refractivity contribution in [3.05, 3.63) is 0 Å². The second-order valence-electron chi connectivity index (χ2n) is 17.7. The molecule has 0 radical (unpaired) electrons. The summed E-state index contributed by atoms with van der Waals surface area (Å²) in [7, 11) is -3.35. The van der Waals surface area contributed by atoms with Crippen molar-refractivity contribution >= 4 is 39.4 Å². The van der Waals surface area contributed by atoms with Crippen molar-refractivity contribution in [1.29, 1.82) is 0 Å². The Bertz CT molecular complexity index is 1480. The van der Waals surface area contributed by atoms with E-state index in [1.54, 1.807) is 4.90 Å². The number of rotatable bonds is 13. The summed E-state index contributed by atoms with van der Waals surface area (Å²) in [5.41, 5.74) is -1.61. The fourth-order valence-electron chi connectivity index (χ4n) is 10.3. The normalized spacial score (nSPS) is 31.0. The zero-order chi connectivity index (χ0) is 36.8. The Balaban J connectivity index is 1.24. The van der Waals surface area contributed by atoms with Crippen molar-refractivity contribution in [2.24, 2.45) is 22.7 Å². The number of carbonyl (C=O) groups excluding carboxylic acids is 5. The van der Waals surface area contributed by atoms with Crippen LogP contribution in [0.5, 0.6) is 0 Å². The molecule has 1 unspecified atom stereocenters. The lowest BCUT2D eigenvalue weighted by molar-refractivity contribution is -0.146. The van der Waals surface area contributed by atoms with Gasteiger partial charge in [-0.2, -0.15) is 0 Å². The Morgan fingerprint density at radius 3 is 2.08 bits per heavy atom. The number of unbranched alkanes of at least 4 members (excludes halogenated alkanes) is 1. The monoisotopic (exact) mass is 731 g/mol. The maximum atomic E-state index is 14.9. The molecule has 6 atom stereocenters. The molecule has 5 amide bonds. The molecular weight excluding hydrogens is 671 g/mol. The summed E-state index contributed by atoms with van der Waals surface area (Å²) in [5, 5.41) is 11.3. The Kier molecular flexibility index (Phi) is 10.9. The van der Waals surface area contributed by atoms with Crippen LogP contribution in [0.4, 0.5) is 4.79 Å². The van der Waals surface area contributed by atoms with Gasteiger partial charge in [-0.3, -0.25) is 19.2 Å². The molecule has 2 heterocycles. The molecule has 2 saturated heterocycles. The summed E-state index contributed by atoms with van der Waals surface area (Å²) in [5.74, 6) is -1.97.